The normalized spacial score (nSPS) is 14.7. The molecule has 21 heavy (non-hydrogen) atoms. The second-order valence-electron chi connectivity index (χ2n) is 5.99. The average molecular weight is 287 g/mol. The molecule has 5 heteroatoms. The van der Waals surface area contributed by atoms with Gasteiger partial charge in [-0.25, -0.2) is 4.79 Å². The summed E-state index contributed by atoms with van der Waals surface area (Å²) in [6.45, 7) is 6.09. The smallest absolute Gasteiger partial charge is 0.414 e. The number of hydrogen-bond donors (Lipinski definition) is 1. The first kappa shape index (κ1) is 15.2. The predicted octanol–water partition coefficient (Wildman–Crippen LogP) is 3.39. The molecule has 1 heterocycles. The fraction of sp³-hybridized carbons (Fsp3) is 0.500. The predicted molar refractivity (Wildman–Crippen MR) is 82.3 cm³/mol. The lowest BCUT2D eigenvalue weighted by Gasteiger charge is -2.24. The van der Waals surface area contributed by atoms with Crippen LogP contribution in [0.1, 0.15) is 26.7 Å². The second-order valence-corrected chi connectivity index (χ2v) is 5.99. The molecule has 0 aromatic heterocycles. The minimum atomic E-state index is -0.290. The van der Waals surface area contributed by atoms with E-state index in [0.717, 1.165) is 24.3 Å². The topological polar surface area (TPSA) is 65.4 Å². The second kappa shape index (κ2) is 6.49. The minimum Gasteiger partial charge on any atom is -0.447 e. The van der Waals surface area contributed by atoms with Crippen molar-refractivity contribution in [2.45, 2.75) is 26.7 Å². The number of amides is 1. The number of nitriles is 1. The highest BCUT2D eigenvalue weighted by Crippen LogP contribution is 2.25. The van der Waals surface area contributed by atoms with E-state index in [4.69, 9.17) is 10.00 Å². The monoisotopic (exact) mass is 287 g/mol. The molecule has 1 N–H and O–H groups in total. The number of carbonyl (C=O) groups excluding carboxylic acids is 1. The Balaban J connectivity index is 1.98. The molecule has 1 aliphatic heterocycles. The van der Waals surface area contributed by atoms with E-state index in [9.17, 15) is 4.79 Å². The SMILES string of the molecule is CC(C)(CCC#N)CNc1cccc(N2CCOC2=O)c1. The van der Waals surface area contributed by atoms with E-state index in [1.54, 1.807) is 4.90 Å². The van der Waals surface area contributed by atoms with Crippen molar-refractivity contribution in [1.82, 2.24) is 0 Å². The van der Waals surface area contributed by atoms with E-state index in [-0.39, 0.29) is 11.5 Å². The average Bonchev–Trinajstić information content (AvgIpc) is 2.90. The van der Waals surface area contributed by atoms with Gasteiger partial charge in [-0.1, -0.05) is 19.9 Å². The highest BCUT2D eigenvalue weighted by Gasteiger charge is 2.23. The van der Waals surface area contributed by atoms with Crippen LogP contribution in [0, 0.1) is 16.7 Å². The van der Waals surface area contributed by atoms with Gasteiger partial charge in [0.15, 0.2) is 0 Å². The number of rotatable bonds is 6. The Labute approximate surface area is 125 Å². The summed E-state index contributed by atoms with van der Waals surface area (Å²) >= 11 is 0. The van der Waals surface area contributed by atoms with E-state index in [0.29, 0.717) is 19.6 Å². The third-order valence-electron chi connectivity index (χ3n) is 3.60. The molecule has 0 atom stereocenters. The fourth-order valence-corrected chi connectivity index (χ4v) is 2.24. The van der Waals surface area contributed by atoms with Gasteiger partial charge in [0, 0.05) is 24.3 Å². The Morgan fingerprint density at radius 2 is 2.29 bits per heavy atom. The quantitative estimate of drug-likeness (QED) is 0.871. The molecule has 1 aliphatic rings. The highest BCUT2D eigenvalue weighted by atomic mass is 16.6. The van der Waals surface area contributed by atoms with Crippen molar-refractivity contribution in [3.8, 4) is 6.07 Å². The molecule has 0 aliphatic carbocycles. The van der Waals surface area contributed by atoms with Gasteiger partial charge in [0.25, 0.3) is 0 Å². The first-order valence-corrected chi connectivity index (χ1v) is 7.17. The maximum absolute atomic E-state index is 11.6. The van der Waals surface area contributed by atoms with E-state index in [1.807, 2.05) is 24.3 Å². The Bertz CT molecular complexity index is 549. The highest BCUT2D eigenvalue weighted by molar-refractivity contribution is 5.89. The molecular formula is C16H21N3O2. The van der Waals surface area contributed by atoms with E-state index in [2.05, 4.69) is 25.2 Å². The summed E-state index contributed by atoms with van der Waals surface area (Å²) in [5.41, 5.74) is 1.87. The third kappa shape index (κ3) is 4.12. The Morgan fingerprint density at radius 3 is 2.95 bits per heavy atom. The molecule has 2 rings (SSSR count). The molecule has 0 spiro atoms. The number of ether oxygens (including phenoxy) is 1. The Kier molecular flexibility index (Phi) is 4.69. The van der Waals surface area contributed by atoms with Crippen LogP contribution in [0.3, 0.4) is 0 Å². The van der Waals surface area contributed by atoms with Gasteiger partial charge in [-0.2, -0.15) is 5.26 Å². The van der Waals surface area contributed by atoms with Crippen LogP contribution in [0.5, 0.6) is 0 Å². The zero-order valence-electron chi connectivity index (χ0n) is 12.6. The molecule has 0 unspecified atom stereocenters. The fourth-order valence-electron chi connectivity index (χ4n) is 2.24. The lowest BCUT2D eigenvalue weighted by atomic mass is 9.88. The summed E-state index contributed by atoms with van der Waals surface area (Å²) in [6.07, 6.45) is 1.13. The lowest BCUT2D eigenvalue weighted by Crippen LogP contribution is -2.24. The number of hydrogen-bond acceptors (Lipinski definition) is 4. The van der Waals surface area contributed by atoms with Crippen LogP contribution in [-0.4, -0.2) is 25.8 Å². The molecule has 0 bridgehead atoms. The van der Waals surface area contributed by atoms with Gasteiger partial charge >= 0.3 is 6.09 Å². The van der Waals surface area contributed by atoms with E-state index in [1.165, 1.54) is 0 Å². The van der Waals surface area contributed by atoms with Crippen molar-refractivity contribution >= 4 is 17.5 Å². The molecule has 1 aromatic rings. The van der Waals surface area contributed by atoms with Crippen LogP contribution in [0.15, 0.2) is 24.3 Å². The standard InChI is InChI=1S/C16H21N3O2/c1-16(2,7-4-8-17)12-18-13-5-3-6-14(11-13)19-9-10-21-15(19)20/h3,5-6,11,18H,4,7,9-10,12H2,1-2H3. The molecular weight excluding hydrogens is 266 g/mol. The summed E-state index contributed by atoms with van der Waals surface area (Å²) < 4.78 is 4.95. The third-order valence-corrected chi connectivity index (χ3v) is 3.60. The van der Waals surface area contributed by atoms with Crippen LogP contribution in [0.25, 0.3) is 0 Å². The van der Waals surface area contributed by atoms with Crippen molar-refractivity contribution < 1.29 is 9.53 Å². The number of benzene rings is 1. The maximum atomic E-state index is 11.6. The molecule has 0 saturated carbocycles. The van der Waals surface area contributed by atoms with Gasteiger partial charge in [-0.15, -0.1) is 0 Å². The van der Waals surface area contributed by atoms with Gasteiger partial charge in [0.05, 0.1) is 12.6 Å². The van der Waals surface area contributed by atoms with Crippen molar-refractivity contribution in [3.05, 3.63) is 24.3 Å². The van der Waals surface area contributed by atoms with Crippen LogP contribution < -0.4 is 10.2 Å². The van der Waals surface area contributed by atoms with Crippen LogP contribution in [0.2, 0.25) is 0 Å². The van der Waals surface area contributed by atoms with Crippen molar-refractivity contribution in [2.24, 2.45) is 5.41 Å². The number of nitrogens with zero attached hydrogens (tertiary/aromatic N) is 2. The van der Waals surface area contributed by atoms with E-state index < -0.39 is 0 Å². The summed E-state index contributed by atoms with van der Waals surface area (Å²) in [4.78, 5) is 13.2. The number of nitrogens with one attached hydrogen (secondary N) is 1. The molecule has 0 radical (unpaired) electrons. The van der Waals surface area contributed by atoms with E-state index >= 15 is 0 Å². The van der Waals surface area contributed by atoms with Gasteiger partial charge in [-0.3, -0.25) is 4.90 Å². The van der Waals surface area contributed by atoms with Gasteiger partial charge in [0.1, 0.15) is 6.61 Å². The van der Waals surface area contributed by atoms with Gasteiger partial charge < -0.3 is 10.1 Å². The maximum Gasteiger partial charge on any atom is 0.414 e. The molecule has 5 nitrogen and oxygen atoms in total. The molecule has 112 valence electrons. The van der Waals surface area contributed by atoms with Crippen molar-refractivity contribution in [1.29, 1.82) is 5.26 Å². The summed E-state index contributed by atoms with van der Waals surface area (Å²) in [6, 6.07) is 9.94. The summed E-state index contributed by atoms with van der Waals surface area (Å²) in [5.74, 6) is 0. The van der Waals surface area contributed by atoms with Crippen LogP contribution >= 0.6 is 0 Å². The molecule has 1 saturated heterocycles. The largest absolute Gasteiger partial charge is 0.447 e. The summed E-state index contributed by atoms with van der Waals surface area (Å²) in [5, 5.41) is 12.1. The van der Waals surface area contributed by atoms with Crippen LogP contribution in [-0.2, 0) is 4.74 Å². The molecule has 1 fully saturated rings. The molecule has 1 amide bonds. The van der Waals surface area contributed by atoms with Gasteiger partial charge in [-0.05, 0) is 30.0 Å². The number of carbonyl (C=O) groups is 1. The summed E-state index contributed by atoms with van der Waals surface area (Å²) in [7, 11) is 0. The number of cyclic esters (lactones) is 1. The first-order valence-electron chi connectivity index (χ1n) is 7.17. The van der Waals surface area contributed by atoms with Gasteiger partial charge in [0.2, 0.25) is 0 Å². The van der Waals surface area contributed by atoms with Crippen molar-refractivity contribution in [2.75, 3.05) is 29.9 Å². The zero-order valence-corrected chi connectivity index (χ0v) is 12.6. The Morgan fingerprint density at radius 1 is 1.48 bits per heavy atom. The zero-order chi connectivity index (χ0) is 15.3. The minimum absolute atomic E-state index is 0.0539. The van der Waals surface area contributed by atoms with Crippen LogP contribution in [0.4, 0.5) is 16.2 Å². The number of anilines is 2. The lowest BCUT2D eigenvalue weighted by molar-refractivity contribution is 0.181. The van der Waals surface area contributed by atoms with Crippen molar-refractivity contribution in [3.63, 3.8) is 0 Å². The Hall–Kier alpha value is -2.22. The first-order chi connectivity index (χ1) is 10.0. The molecule has 1 aromatic carbocycles.